The second-order valence-electron chi connectivity index (χ2n) is 5.40. The number of aliphatic hydroxyl groups is 1. The zero-order chi connectivity index (χ0) is 11.6. The third kappa shape index (κ3) is 2.94. The van der Waals surface area contributed by atoms with E-state index in [1.165, 1.54) is 0 Å². The first kappa shape index (κ1) is 12.3. The van der Waals surface area contributed by atoms with Gasteiger partial charge in [-0.1, -0.05) is 13.3 Å². The van der Waals surface area contributed by atoms with Gasteiger partial charge < -0.3 is 14.7 Å². The van der Waals surface area contributed by atoms with Gasteiger partial charge in [0.05, 0.1) is 18.3 Å². The summed E-state index contributed by atoms with van der Waals surface area (Å²) in [5, 5.41) is 10.1. The van der Waals surface area contributed by atoms with Gasteiger partial charge in [0.25, 0.3) is 0 Å². The number of hydrogen-bond acceptors (Lipinski definition) is 4. The van der Waals surface area contributed by atoms with E-state index in [1.807, 2.05) is 0 Å². The lowest BCUT2D eigenvalue weighted by Crippen LogP contribution is -2.63. The maximum Gasteiger partial charge on any atom is 0.0900 e. The van der Waals surface area contributed by atoms with Crippen molar-refractivity contribution < 1.29 is 9.84 Å². The second kappa shape index (κ2) is 5.00. The Balaban J connectivity index is 1.68. The summed E-state index contributed by atoms with van der Waals surface area (Å²) < 4.78 is 5.72. The lowest BCUT2D eigenvalue weighted by molar-refractivity contribution is -0.126. The van der Waals surface area contributed by atoms with E-state index in [4.69, 9.17) is 4.74 Å². The van der Waals surface area contributed by atoms with Crippen LogP contribution in [0.2, 0.25) is 0 Å². The fourth-order valence-electron chi connectivity index (χ4n) is 2.80. The molecule has 0 aliphatic carbocycles. The van der Waals surface area contributed by atoms with Gasteiger partial charge in [-0.3, -0.25) is 4.90 Å². The SMILES string of the molecule is CCCC1(O)CN(CC2CN(C)CCO2)C1. The number of nitrogens with zero attached hydrogens (tertiary/aromatic N) is 2. The molecule has 0 saturated carbocycles. The zero-order valence-electron chi connectivity index (χ0n) is 10.5. The molecule has 0 aromatic rings. The molecule has 0 spiro atoms. The third-order valence-corrected chi connectivity index (χ3v) is 3.55. The van der Waals surface area contributed by atoms with Crippen LogP contribution < -0.4 is 0 Å². The van der Waals surface area contributed by atoms with Crippen LogP contribution in [0.25, 0.3) is 0 Å². The molecule has 16 heavy (non-hydrogen) atoms. The van der Waals surface area contributed by atoms with Crippen LogP contribution in [-0.4, -0.2) is 73.0 Å². The van der Waals surface area contributed by atoms with Gasteiger partial charge in [0.2, 0.25) is 0 Å². The molecule has 2 heterocycles. The molecule has 4 nitrogen and oxygen atoms in total. The Bertz CT molecular complexity index is 229. The summed E-state index contributed by atoms with van der Waals surface area (Å²) in [6.45, 7) is 7.64. The molecule has 2 aliphatic heterocycles. The molecular weight excluding hydrogens is 204 g/mol. The van der Waals surface area contributed by atoms with Crippen molar-refractivity contribution in [2.45, 2.75) is 31.5 Å². The highest BCUT2D eigenvalue weighted by molar-refractivity contribution is 4.96. The summed E-state index contributed by atoms with van der Waals surface area (Å²) in [5.41, 5.74) is -0.407. The molecular formula is C12H24N2O2. The molecule has 1 unspecified atom stereocenters. The van der Waals surface area contributed by atoms with Crippen molar-refractivity contribution in [3.05, 3.63) is 0 Å². The molecule has 0 aromatic heterocycles. The number of likely N-dealkylation sites (tertiary alicyclic amines) is 1. The lowest BCUT2D eigenvalue weighted by Gasteiger charge is -2.48. The van der Waals surface area contributed by atoms with Crippen molar-refractivity contribution in [3.8, 4) is 0 Å². The maximum absolute atomic E-state index is 10.1. The molecule has 0 amide bonds. The first-order valence-electron chi connectivity index (χ1n) is 6.36. The van der Waals surface area contributed by atoms with Crippen LogP contribution in [-0.2, 0) is 4.74 Å². The molecule has 4 heteroatoms. The highest BCUT2D eigenvalue weighted by Gasteiger charge is 2.41. The number of rotatable bonds is 4. The molecule has 1 N–H and O–H groups in total. The molecule has 2 saturated heterocycles. The fourth-order valence-corrected chi connectivity index (χ4v) is 2.80. The predicted octanol–water partition coefficient (Wildman–Crippen LogP) is 0.164. The van der Waals surface area contributed by atoms with Crippen LogP contribution in [0.3, 0.4) is 0 Å². The molecule has 2 rings (SSSR count). The van der Waals surface area contributed by atoms with E-state index in [1.54, 1.807) is 0 Å². The minimum atomic E-state index is -0.407. The summed E-state index contributed by atoms with van der Waals surface area (Å²) in [4.78, 5) is 4.62. The number of likely N-dealkylation sites (N-methyl/N-ethyl adjacent to an activating group) is 1. The first-order chi connectivity index (χ1) is 7.61. The van der Waals surface area contributed by atoms with E-state index in [-0.39, 0.29) is 0 Å². The Kier molecular flexibility index (Phi) is 3.85. The predicted molar refractivity (Wildman–Crippen MR) is 63.5 cm³/mol. The van der Waals surface area contributed by atoms with Gasteiger partial charge >= 0.3 is 0 Å². The van der Waals surface area contributed by atoms with Gasteiger partial charge in [-0.25, -0.2) is 0 Å². The molecule has 1 atom stereocenters. The van der Waals surface area contributed by atoms with Gasteiger partial charge in [0, 0.05) is 32.7 Å². The Morgan fingerprint density at radius 2 is 2.19 bits per heavy atom. The van der Waals surface area contributed by atoms with E-state index in [9.17, 15) is 5.11 Å². The van der Waals surface area contributed by atoms with Crippen LogP contribution in [0.1, 0.15) is 19.8 Å². The highest BCUT2D eigenvalue weighted by atomic mass is 16.5. The molecule has 0 aromatic carbocycles. The fraction of sp³-hybridized carbons (Fsp3) is 1.00. The summed E-state index contributed by atoms with van der Waals surface area (Å²) >= 11 is 0. The smallest absolute Gasteiger partial charge is 0.0900 e. The van der Waals surface area contributed by atoms with Gasteiger partial charge in [0.15, 0.2) is 0 Å². The quantitative estimate of drug-likeness (QED) is 0.744. The normalized spacial score (nSPS) is 31.3. The summed E-state index contributed by atoms with van der Waals surface area (Å²) in [7, 11) is 2.14. The van der Waals surface area contributed by atoms with Crippen molar-refractivity contribution in [2.75, 3.05) is 46.4 Å². The summed E-state index contributed by atoms with van der Waals surface area (Å²) in [6, 6.07) is 0. The van der Waals surface area contributed by atoms with Crippen LogP contribution in [0, 0.1) is 0 Å². The van der Waals surface area contributed by atoms with E-state index in [2.05, 4.69) is 23.8 Å². The average Bonchev–Trinajstić information content (AvgIpc) is 2.15. The molecule has 94 valence electrons. The Hall–Kier alpha value is -0.160. The topological polar surface area (TPSA) is 35.9 Å². The molecule has 0 bridgehead atoms. The van der Waals surface area contributed by atoms with E-state index in [0.717, 1.165) is 52.2 Å². The van der Waals surface area contributed by atoms with Gasteiger partial charge in [-0.05, 0) is 13.5 Å². The van der Waals surface area contributed by atoms with Crippen molar-refractivity contribution >= 4 is 0 Å². The Labute approximate surface area is 98.2 Å². The van der Waals surface area contributed by atoms with Crippen LogP contribution >= 0.6 is 0 Å². The van der Waals surface area contributed by atoms with Gasteiger partial charge in [0.1, 0.15) is 0 Å². The minimum Gasteiger partial charge on any atom is -0.387 e. The third-order valence-electron chi connectivity index (χ3n) is 3.55. The van der Waals surface area contributed by atoms with E-state index < -0.39 is 5.60 Å². The number of hydrogen-bond donors (Lipinski definition) is 1. The van der Waals surface area contributed by atoms with Gasteiger partial charge in [-0.15, -0.1) is 0 Å². The van der Waals surface area contributed by atoms with Crippen LogP contribution in [0.15, 0.2) is 0 Å². The first-order valence-corrected chi connectivity index (χ1v) is 6.36. The van der Waals surface area contributed by atoms with Crippen molar-refractivity contribution in [1.29, 1.82) is 0 Å². The van der Waals surface area contributed by atoms with E-state index >= 15 is 0 Å². The monoisotopic (exact) mass is 228 g/mol. The van der Waals surface area contributed by atoms with Gasteiger partial charge in [-0.2, -0.15) is 0 Å². The minimum absolute atomic E-state index is 0.324. The average molecular weight is 228 g/mol. The Morgan fingerprint density at radius 3 is 2.81 bits per heavy atom. The summed E-state index contributed by atoms with van der Waals surface area (Å²) in [6.07, 6.45) is 2.31. The molecule has 0 radical (unpaired) electrons. The largest absolute Gasteiger partial charge is 0.387 e. The van der Waals surface area contributed by atoms with E-state index in [0.29, 0.717) is 6.10 Å². The number of β-amino-alcohol motifs (C(OH)–C–C–N with tert-alkyl or cyclic N) is 1. The van der Waals surface area contributed by atoms with Crippen LogP contribution in [0.5, 0.6) is 0 Å². The molecule has 2 fully saturated rings. The van der Waals surface area contributed by atoms with Crippen molar-refractivity contribution in [2.24, 2.45) is 0 Å². The van der Waals surface area contributed by atoms with Crippen molar-refractivity contribution in [3.63, 3.8) is 0 Å². The lowest BCUT2D eigenvalue weighted by atomic mass is 9.89. The summed E-state index contributed by atoms with van der Waals surface area (Å²) in [5.74, 6) is 0. The van der Waals surface area contributed by atoms with Crippen molar-refractivity contribution in [1.82, 2.24) is 9.80 Å². The zero-order valence-corrected chi connectivity index (χ0v) is 10.5. The second-order valence-corrected chi connectivity index (χ2v) is 5.40. The number of morpholine rings is 1. The number of ether oxygens (including phenoxy) is 1. The Morgan fingerprint density at radius 1 is 1.44 bits per heavy atom. The molecule has 2 aliphatic rings. The highest BCUT2D eigenvalue weighted by Crippen LogP contribution is 2.26. The standard InChI is InChI=1S/C12H24N2O2/c1-3-4-12(15)9-14(10-12)8-11-7-13(2)5-6-16-11/h11,15H,3-10H2,1-2H3. The maximum atomic E-state index is 10.1. The van der Waals surface area contributed by atoms with Crippen LogP contribution in [0.4, 0.5) is 0 Å².